The fraction of sp³-hybridized carbons (Fsp3) is 0.429. The van der Waals surface area contributed by atoms with Crippen molar-refractivity contribution in [3.8, 4) is 5.75 Å². The average Bonchev–Trinajstić information content (AvgIpc) is 2.88. The summed E-state index contributed by atoms with van der Waals surface area (Å²) in [5.74, 6) is 0.855. The van der Waals surface area contributed by atoms with Crippen LogP contribution in [0.15, 0.2) is 30.5 Å². The molecule has 0 aliphatic heterocycles. The molecular weight excluding hydrogens is 254 g/mol. The van der Waals surface area contributed by atoms with Crippen LogP contribution in [0.25, 0.3) is 0 Å². The molecule has 1 aromatic carbocycles. The molecular formula is C14H21N5O. The molecule has 2 rings (SSSR count). The van der Waals surface area contributed by atoms with Gasteiger partial charge in [-0.3, -0.25) is 4.68 Å². The number of methoxy groups -OCH3 is 1. The average molecular weight is 275 g/mol. The predicted octanol–water partition coefficient (Wildman–Crippen LogP) is 1.18. The van der Waals surface area contributed by atoms with Crippen molar-refractivity contribution < 1.29 is 4.74 Å². The summed E-state index contributed by atoms with van der Waals surface area (Å²) in [6.07, 6.45) is 2.84. The van der Waals surface area contributed by atoms with E-state index in [4.69, 9.17) is 10.5 Å². The number of hydrogen-bond acceptors (Lipinski definition) is 5. The zero-order valence-electron chi connectivity index (χ0n) is 12.0. The van der Waals surface area contributed by atoms with Gasteiger partial charge in [0.1, 0.15) is 11.4 Å². The maximum atomic E-state index is 5.63. The van der Waals surface area contributed by atoms with E-state index in [1.165, 1.54) is 0 Å². The van der Waals surface area contributed by atoms with Gasteiger partial charge in [0.15, 0.2) is 0 Å². The minimum Gasteiger partial charge on any atom is -0.495 e. The Morgan fingerprint density at radius 3 is 2.80 bits per heavy atom. The first-order valence-electron chi connectivity index (χ1n) is 6.68. The SMILES string of the molecule is COc1ccccc1N(CCCN)Cc1cn(C)nn1. The fourth-order valence-corrected chi connectivity index (χ4v) is 2.12. The van der Waals surface area contributed by atoms with E-state index in [9.17, 15) is 0 Å². The molecule has 108 valence electrons. The summed E-state index contributed by atoms with van der Waals surface area (Å²) < 4.78 is 7.14. The molecule has 0 aliphatic rings. The number of nitrogens with two attached hydrogens (primary N) is 1. The van der Waals surface area contributed by atoms with Gasteiger partial charge in [0.25, 0.3) is 0 Å². The minimum absolute atomic E-state index is 0.659. The van der Waals surface area contributed by atoms with Crippen molar-refractivity contribution in [1.29, 1.82) is 0 Å². The number of aromatic nitrogens is 3. The van der Waals surface area contributed by atoms with Crippen LogP contribution in [0.5, 0.6) is 5.75 Å². The second-order valence-corrected chi connectivity index (χ2v) is 4.62. The molecule has 0 aliphatic carbocycles. The highest BCUT2D eigenvalue weighted by Gasteiger charge is 2.13. The normalized spacial score (nSPS) is 10.6. The number of rotatable bonds is 7. The second kappa shape index (κ2) is 6.91. The quantitative estimate of drug-likeness (QED) is 0.821. The molecule has 6 nitrogen and oxygen atoms in total. The Hall–Kier alpha value is -2.08. The molecule has 0 radical (unpaired) electrons. The van der Waals surface area contributed by atoms with Crippen molar-refractivity contribution in [3.63, 3.8) is 0 Å². The summed E-state index contributed by atoms with van der Waals surface area (Å²) in [6, 6.07) is 7.98. The Bertz CT molecular complexity index is 540. The maximum absolute atomic E-state index is 5.63. The molecule has 2 N–H and O–H groups in total. The number of benzene rings is 1. The van der Waals surface area contributed by atoms with Crippen LogP contribution in [-0.4, -0.2) is 35.2 Å². The molecule has 0 unspecified atom stereocenters. The first-order chi connectivity index (χ1) is 9.74. The van der Waals surface area contributed by atoms with Gasteiger partial charge in [-0.2, -0.15) is 0 Å². The van der Waals surface area contributed by atoms with Gasteiger partial charge in [-0.1, -0.05) is 17.3 Å². The third-order valence-corrected chi connectivity index (χ3v) is 3.06. The summed E-state index contributed by atoms with van der Waals surface area (Å²) in [4.78, 5) is 2.22. The molecule has 20 heavy (non-hydrogen) atoms. The van der Waals surface area contributed by atoms with E-state index in [-0.39, 0.29) is 0 Å². The summed E-state index contributed by atoms with van der Waals surface area (Å²) in [5.41, 5.74) is 7.61. The summed E-state index contributed by atoms with van der Waals surface area (Å²) in [7, 11) is 3.55. The highest BCUT2D eigenvalue weighted by molar-refractivity contribution is 5.58. The topological polar surface area (TPSA) is 69.2 Å². The number of anilines is 1. The van der Waals surface area contributed by atoms with Gasteiger partial charge in [-0.15, -0.1) is 5.10 Å². The number of para-hydroxylation sites is 2. The predicted molar refractivity (Wildman–Crippen MR) is 78.7 cm³/mol. The van der Waals surface area contributed by atoms with Gasteiger partial charge < -0.3 is 15.4 Å². The maximum Gasteiger partial charge on any atom is 0.142 e. The van der Waals surface area contributed by atoms with Gasteiger partial charge in [-0.25, -0.2) is 0 Å². The standard InChI is InChI=1S/C14H21N5O/c1-18-10-12(16-17-18)11-19(9-5-8-15)13-6-3-4-7-14(13)20-2/h3-4,6-7,10H,5,8-9,11,15H2,1-2H3. The summed E-state index contributed by atoms with van der Waals surface area (Å²) >= 11 is 0. The lowest BCUT2D eigenvalue weighted by Gasteiger charge is -2.25. The third kappa shape index (κ3) is 3.48. The molecule has 1 heterocycles. The lowest BCUT2D eigenvalue weighted by Crippen LogP contribution is -2.26. The van der Waals surface area contributed by atoms with Crippen LogP contribution in [0.2, 0.25) is 0 Å². The lowest BCUT2D eigenvalue weighted by atomic mass is 10.2. The van der Waals surface area contributed by atoms with Crippen molar-refractivity contribution in [2.24, 2.45) is 12.8 Å². The second-order valence-electron chi connectivity index (χ2n) is 4.62. The number of hydrogen-bond donors (Lipinski definition) is 1. The van der Waals surface area contributed by atoms with Crippen LogP contribution in [0.1, 0.15) is 12.1 Å². The Morgan fingerprint density at radius 1 is 1.35 bits per heavy atom. The smallest absolute Gasteiger partial charge is 0.142 e. The zero-order chi connectivity index (χ0) is 14.4. The van der Waals surface area contributed by atoms with E-state index in [0.29, 0.717) is 13.1 Å². The Balaban J connectivity index is 2.22. The van der Waals surface area contributed by atoms with Crippen LogP contribution in [0, 0.1) is 0 Å². The zero-order valence-corrected chi connectivity index (χ0v) is 12.0. The fourth-order valence-electron chi connectivity index (χ4n) is 2.12. The van der Waals surface area contributed by atoms with Crippen LogP contribution >= 0.6 is 0 Å². The lowest BCUT2D eigenvalue weighted by molar-refractivity contribution is 0.414. The first-order valence-corrected chi connectivity index (χ1v) is 6.68. The molecule has 1 aromatic heterocycles. The van der Waals surface area contributed by atoms with E-state index in [1.807, 2.05) is 37.5 Å². The highest BCUT2D eigenvalue weighted by atomic mass is 16.5. The Labute approximate surface area is 119 Å². The Morgan fingerprint density at radius 2 is 2.15 bits per heavy atom. The highest BCUT2D eigenvalue weighted by Crippen LogP contribution is 2.28. The van der Waals surface area contributed by atoms with Crippen LogP contribution in [0.4, 0.5) is 5.69 Å². The molecule has 0 fully saturated rings. The summed E-state index contributed by atoms with van der Waals surface area (Å²) in [5, 5.41) is 8.11. The Kier molecular flexibility index (Phi) is 4.95. The van der Waals surface area contributed by atoms with E-state index in [0.717, 1.165) is 30.1 Å². The van der Waals surface area contributed by atoms with Gasteiger partial charge in [-0.05, 0) is 25.1 Å². The van der Waals surface area contributed by atoms with Gasteiger partial charge >= 0.3 is 0 Å². The van der Waals surface area contributed by atoms with Crippen LogP contribution < -0.4 is 15.4 Å². The van der Waals surface area contributed by atoms with Crippen molar-refractivity contribution >= 4 is 5.69 Å². The number of aryl methyl sites for hydroxylation is 1. The molecule has 0 bridgehead atoms. The van der Waals surface area contributed by atoms with E-state index >= 15 is 0 Å². The minimum atomic E-state index is 0.659. The molecule has 0 amide bonds. The molecule has 0 atom stereocenters. The van der Waals surface area contributed by atoms with Gasteiger partial charge in [0.05, 0.1) is 19.3 Å². The number of ether oxygens (including phenoxy) is 1. The van der Waals surface area contributed by atoms with Gasteiger partial charge in [0, 0.05) is 19.8 Å². The third-order valence-electron chi connectivity index (χ3n) is 3.06. The largest absolute Gasteiger partial charge is 0.495 e. The van der Waals surface area contributed by atoms with Crippen molar-refractivity contribution in [3.05, 3.63) is 36.2 Å². The number of nitrogens with zero attached hydrogens (tertiary/aromatic N) is 4. The molecule has 0 saturated heterocycles. The molecule has 6 heteroatoms. The van der Waals surface area contributed by atoms with Crippen molar-refractivity contribution in [2.75, 3.05) is 25.1 Å². The van der Waals surface area contributed by atoms with Crippen molar-refractivity contribution in [2.45, 2.75) is 13.0 Å². The molecule has 0 spiro atoms. The van der Waals surface area contributed by atoms with E-state index in [1.54, 1.807) is 11.8 Å². The first kappa shape index (κ1) is 14.3. The van der Waals surface area contributed by atoms with Gasteiger partial charge in [0.2, 0.25) is 0 Å². The summed E-state index contributed by atoms with van der Waals surface area (Å²) in [6.45, 7) is 2.20. The van der Waals surface area contributed by atoms with E-state index < -0.39 is 0 Å². The van der Waals surface area contributed by atoms with Crippen LogP contribution in [-0.2, 0) is 13.6 Å². The van der Waals surface area contributed by atoms with Crippen LogP contribution in [0.3, 0.4) is 0 Å². The monoisotopic (exact) mass is 275 g/mol. The molecule has 2 aromatic rings. The van der Waals surface area contributed by atoms with E-state index in [2.05, 4.69) is 15.2 Å². The van der Waals surface area contributed by atoms with Crippen molar-refractivity contribution in [1.82, 2.24) is 15.0 Å². The molecule has 0 saturated carbocycles.